The quantitative estimate of drug-likeness (QED) is 0.767. The molecule has 0 saturated heterocycles. The number of nitrogens with two attached hydrogens (primary N) is 2. The molecular formula is C12H20N2. The molecule has 0 saturated carbocycles. The van der Waals surface area contributed by atoms with Gasteiger partial charge in [-0.05, 0) is 49.9 Å². The van der Waals surface area contributed by atoms with Crippen molar-refractivity contribution in [3.63, 3.8) is 0 Å². The van der Waals surface area contributed by atoms with Crippen molar-refractivity contribution in [2.24, 2.45) is 11.5 Å². The van der Waals surface area contributed by atoms with E-state index in [4.69, 9.17) is 11.5 Å². The summed E-state index contributed by atoms with van der Waals surface area (Å²) in [6.07, 6.45) is 1.97. The maximum atomic E-state index is 6.04. The van der Waals surface area contributed by atoms with Crippen LogP contribution in [-0.4, -0.2) is 6.54 Å². The molecule has 1 rings (SSSR count). The van der Waals surface area contributed by atoms with Crippen LogP contribution in [-0.2, 0) is 0 Å². The standard InChI is InChI=1S/C12H20N2/c1-9-5-6-11(8-10(9)2)12(14)4-3-7-13/h5-6,8,12H,3-4,7,13-14H2,1-2H3/t12-/m1/s1. The second-order valence-corrected chi connectivity index (χ2v) is 3.88. The van der Waals surface area contributed by atoms with Gasteiger partial charge in [0.25, 0.3) is 0 Å². The molecule has 1 aromatic rings. The average Bonchev–Trinajstić information content (AvgIpc) is 2.18. The first-order valence-corrected chi connectivity index (χ1v) is 5.18. The molecule has 0 fully saturated rings. The minimum atomic E-state index is 0.137. The Labute approximate surface area is 86.3 Å². The Bertz CT molecular complexity index is 294. The number of aryl methyl sites for hydroxylation is 2. The van der Waals surface area contributed by atoms with Crippen molar-refractivity contribution in [3.8, 4) is 0 Å². The van der Waals surface area contributed by atoms with Crippen molar-refractivity contribution in [3.05, 3.63) is 34.9 Å². The lowest BCUT2D eigenvalue weighted by molar-refractivity contribution is 0.617. The Hall–Kier alpha value is -0.860. The predicted molar refractivity (Wildman–Crippen MR) is 61.1 cm³/mol. The smallest absolute Gasteiger partial charge is 0.0295 e. The zero-order valence-corrected chi connectivity index (χ0v) is 9.09. The molecule has 0 heterocycles. The van der Waals surface area contributed by atoms with Crippen molar-refractivity contribution >= 4 is 0 Å². The van der Waals surface area contributed by atoms with Gasteiger partial charge in [0.15, 0.2) is 0 Å². The fraction of sp³-hybridized carbons (Fsp3) is 0.500. The molecule has 2 nitrogen and oxygen atoms in total. The lowest BCUT2D eigenvalue weighted by Crippen LogP contribution is -2.12. The van der Waals surface area contributed by atoms with Gasteiger partial charge in [0.2, 0.25) is 0 Å². The lowest BCUT2D eigenvalue weighted by Gasteiger charge is -2.12. The molecule has 0 spiro atoms. The first-order chi connectivity index (χ1) is 6.65. The number of hydrogen-bond acceptors (Lipinski definition) is 2. The predicted octanol–water partition coefficient (Wildman–Crippen LogP) is 2.04. The molecule has 0 amide bonds. The summed E-state index contributed by atoms with van der Waals surface area (Å²) in [4.78, 5) is 0. The molecule has 0 aliphatic heterocycles. The molecule has 0 bridgehead atoms. The summed E-state index contributed by atoms with van der Waals surface area (Å²) in [5.74, 6) is 0. The largest absolute Gasteiger partial charge is 0.330 e. The zero-order valence-electron chi connectivity index (χ0n) is 9.09. The maximum Gasteiger partial charge on any atom is 0.0295 e. The Kier molecular flexibility index (Phi) is 4.11. The molecule has 1 atom stereocenters. The van der Waals surface area contributed by atoms with Crippen LogP contribution in [0.4, 0.5) is 0 Å². The van der Waals surface area contributed by atoms with Gasteiger partial charge in [-0.15, -0.1) is 0 Å². The van der Waals surface area contributed by atoms with Gasteiger partial charge in [-0.25, -0.2) is 0 Å². The Balaban J connectivity index is 2.70. The van der Waals surface area contributed by atoms with Crippen LogP contribution >= 0.6 is 0 Å². The summed E-state index contributed by atoms with van der Waals surface area (Å²) in [5, 5.41) is 0. The molecule has 0 aromatic heterocycles. The van der Waals surface area contributed by atoms with Gasteiger partial charge in [-0.3, -0.25) is 0 Å². The van der Waals surface area contributed by atoms with E-state index in [0.29, 0.717) is 0 Å². The van der Waals surface area contributed by atoms with Crippen LogP contribution in [0.25, 0.3) is 0 Å². The molecule has 14 heavy (non-hydrogen) atoms. The summed E-state index contributed by atoms with van der Waals surface area (Å²) in [6, 6.07) is 6.56. The molecule has 0 aliphatic rings. The van der Waals surface area contributed by atoms with Crippen molar-refractivity contribution in [2.75, 3.05) is 6.54 Å². The third-order valence-corrected chi connectivity index (χ3v) is 2.68. The van der Waals surface area contributed by atoms with Gasteiger partial charge in [0, 0.05) is 6.04 Å². The van der Waals surface area contributed by atoms with Gasteiger partial charge in [-0.1, -0.05) is 18.2 Å². The van der Waals surface area contributed by atoms with Crippen LogP contribution in [0.5, 0.6) is 0 Å². The molecular weight excluding hydrogens is 172 g/mol. The lowest BCUT2D eigenvalue weighted by atomic mass is 9.99. The maximum absolute atomic E-state index is 6.04. The number of rotatable bonds is 4. The molecule has 1 aromatic carbocycles. The van der Waals surface area contributed by atoms with Crippen LogP contribution in [0.2, 0.25) is 0 Å². The molecule has 0 radical (unpaired) electrons. The van der Waals surface area contributed by atoms with E-state index >= 15 is 0 Å². The highest BCUT2D eigenvalue weighted by Crippen LogP contribution is 2.18. The third-order valence-electron chi connectivity index (χ3n) is 2.68. The molecule has 2 heteroatoms. The minimum Gasteiger partial charge on any atom is -0.330 e. The highest BCUT2D eigenvalue weighted by Gasteiger charge is 2.05. The van der Waals surface area contributed by atoms with Crippen LogP contribution in [0.1, 0.15) is 35.6 Å². The van der Waals surface area contributed by atoms with Crippen molar-refractivity contribution < 1.29 is 0 Å². The summed E-state index contributed by atoms with van der Waals surface area (Å²) in [7, 11) is 0. The molecule has 4 N–H and O–H groups in total. The first-order valence-electron chi connectivity index (χ1n) is 5.18. The second kappa shape index (κ2) is 5.13. The van der Waals surface area contributed by atoms with Gasteiger partial charge in [-0.2, -0.15) is 0 Å². The van der Waals surface area contributed by atoms with Crippen LogP contribution < -0.4 is 11.5 Å². The van der Waals surface area contributed by atoms with Gasteiger partial charge >= 0.3 is 0 Å². The fourth-order valence-corrected chi connectivity index (χ4v) is 1.50. The summed E-state index contributed by atoms with van der Waals surface area (Å²) < 4.78 is 0. The van der Waals surface area contributed by atoms with Crippen LogP contribution in [0.3, 0.4) is 0 Å². The second-order valence-electron chi connectivity index (χ2n) is 3.88. The van der Waals surface area contributed by atoms with E-state index in [0.717, 1.165) is 19.4 Å². The van der Waals surface area contributed by atoms with Crippen LogP contribution in [0.15, 0.2) is 18.2 Å². The number of benzene rings is 1. The summed E-state index contributed by atoms with van der Waals surface area (Å²) >= 11 is 0. The Morgan fingerprint density at radius 3 is 2.50 bits per heavy atom. The minimum absolute atomic E-state index is 0.137. The van der Waals surface area contributed by atoms with E-state index in [-0.39, 0.29) is 6.04 Å². The molecule has 78 valence electrons. The van der Waals surface area contributed by atoms with E-state index in [9.17, 15) is 0 Å². The van der Waals surface area contributed by atoms with Gasteiger partial charge in [0.1, 0.15) is 0 Å². The monoisotopic (exact) mass is 192 g/mol. The Morgan fingerprint density at radius 2 is 1.93 bits per heavy atom. The highest BCUT2D eigenvalue weighted by molar-refractivity contribution is 5.31. The average molecular weight is 192 g/mol. The SMILES string of the molecule is Cc1ccc([C@H](N)CCCN)cc1C. The molecule has 0 aliphatic carbocycles. The summed E-state index contributed by atoms with van der Waals surface area (Å²) in [6.45, 7) is 4.96. The topological polar surface area (TPSA) is 52.0 Å². The van der Waals surface area contributed by atoms with Gasteiger partial charge in [0.05, 0.1) is 0 Å². The van der Waals surface area contributed by atoms with Gasteiger partial charge < -0.3 is 11.5 Å². The van der Waals surface area contributed by atoms with E-state index < -0.39 is 0 Å². The van der Waals surface area contributed by atoms with E-state index in [1.807, 2.05) is 0 Å². The fourth-order valence-electron chi connectivity index (χ4n) is 1.50. The number of hydrogen-bond donors (Lipinski definition) is 2. The van der Waals surface area contributed by atoms with Crippen molar-refractivity contribution in [2.45, 2.75) is 32.7 Å². The summed E-state index contributed by atoms with van der Waals surface area (Å²) in [5.41, 5.74) is 15.4. The van der Waals surface area contributed by atoms with E-state index in [1.54, 1.807) is 0 Å². The van der Waals surface area contributed by atoms with E-state index in [2.05, 4.69) is 32.0 Å². The molecule has 0 unspecified atom stereocenters. The zero-order chi connectivity index (χ0) is 10.6. The highest BCUT2D eigenvalue weighted by atomic mass is 14.6. The normalized spacial score (nSPS) is 12.9. The Morgan fingerprint density at radius 1 is 1.21 bits per heavy atom. The van der Waals surface area contributed by atoms with Crippen molar-refractivity contribution in [1.29, 1.82) is 0 Å². The van der Waals surface area contributed by atoms with Crippen LogP contribution in [0, 0.1) is 13.8 Å². The van der Waals surface area contributed by atoms with E-state index in [1.165, 1.54) is 16.7 Å². The third kappa shape index (κ3) is 2.82. The first kappa shape index (κ1) is 11.2. The van der Waals surface area contributed by atoms with Crippen molar-refractivity contribution in [1.82, 2.24) is 0 Å².